The Labute approximate surface area is 208 Å². The topological polar surface area (TPSA) is 66.1 Å². The van der Waals surface area contributed by atoms with Crippen LogP contribution in [0.3, 0.4) is 0 Å². The number of amides is 2. The molecule has 2 amide bonds. The molecule has 0 bridgehead atoms. The molecule has 0 saturated carbocycles. The zero-order chi connectivity index (χ0) is 23.2. The quantitative estimate of drug-likeness (QED) is 0.564. The first-order valence-electron chi connectivity index (χ1n) is 11.3. The molecular weight excluding hydrogens is 508 g/mol. The van der Waals surface area contributed by atoms with Gasteiger partial charge in [-0.2, -0.15) is 0 Å². The zero-order valence-electron chi connectivity index (χ0n) is 18.8. The van der Waals surface area contributed by atoms with Crippen molar-refractivity contribution in [2.24, 2.45) is 0 Å². The molecule has 9 heteroatoms. The van der Waals surface area contributed by atoms with Crippen LogP contribution >= 0.6 is 27.5 Å². The van der Waals surface area contributed by atoms with Gasteiger partial charge in [0.25, 0.3) is 0 Å². The zero-order valence-corrected chi connectivity index (χ0v) is 21.1. The third-order valence-electron chi connectivity index (χ3n) is 6.04. The lowest BCUT2D eigenvalue weighted by Gasteiger charge is -2.34. The lowest BCUT2D eigenvalue weighted by atomic mass is 10.1. The van der Waals surface area contributed by atoms with Crippen molar-refractivity contribution in [1.29, 1.82) is 0 Å². The second-order valence-electron chi connectivity index (χ2n) is 8.37. The van der Waals surface area contributed by atoms with Gasteiger partial charge in [0.1, 0.15) is 17.6 Å². The molecule has 0 atom stereocenters. The smallest absolute Gasteiger partial charge is 0.321 e. The fourth-order valence-corrected chi connectivity index (χ4v) is 4.92. The first-order valence-corrected chi connectivity index (χ1v) is 12.5. The molecule has 2 aliphatic rings. The Hall–Kier alpha value is -2.00. The van der Waals surface area contributed by atoms with E-state index in [1.165, 1.54) is 5.56 Å². The van der Waals surface area contributed by atoms with Gasteiger partial charge < -0.3 is 25.0 Å². The van der Waals surface area contributed by atoms with Crippen molar-refractivity contribution in [3.8, 4) is 11.5 Å². The van der Waals surface area contributed by atoms with Gasteiger partial charge in [0.15, 0.2) is 0 Å². The normalized spacial score (nSPS) is 17.6. The molecular formula is C24H30BrClN4O3. The summed E-state index contributed by atoms with van der Waals surface area (Å²) in [6, 6.07) is 11.5. The number of benzene rings is 2. The number of piperazine rings is 1. The number of carbonyl (C=O) groups is 1. The summed E-state index contributed by atoms with van der Waals surface area (Å²) in [4.78, 5) is 16.8. The number of urea groups is 1. The van der Waals surface area contributed by atoms with Crippen LogP contribution in [-0.2, 0) is 6.54 Å². The van der Waals surface area contributed by atoms with E-state index in [9.17, 15) is 4.79 Å². The van der Waals surface area contributed by atoms with Crippen LogP contribution in [0.15, 0.2) is 40.9 Å². The molecule has 0 aromatic heterocycles. The standard InChI is InChI=1S/C24H30BrClN4O3/c1-32-23-5-3-18(15-21(23)26)28-24(31)30-12-10-29(11-13-30)16-17-2-4-22(20(25)14-17)33-19-6-8-27-9-7-19/h2-5,14-15,19,27H,6-13,16H2,1H3,(H,28,31). The highest BCUT2D eigenvalue weighted by Gasteiger charge is 2.22. The molecule has 2 aliphatic heterocycles. The lowest BCUT2D eigenvalue weighted by Crippen LogP contribution is -2.49. The van der Waals surface area contributed by atoms with Crippen molar-refractivity contribution in [3.05, 3.63) is 51.5 Å². The highest BCUT2D eigenvalue weighted by molar-refractivity contribution is 9.10. The average molecular weight is 538 g/mol. The molecule has 4 rings (SSSR count). The van der Waals surface area contributed by atoms with Crippen molar-refractivity contribution in [1.82, 2.24) is 15.1 Å². The Morgan fingerprint density at radius 2 is 1.85 bits per heavy atom. The average Bonchev–Trinajstić information content (AvgIpc) is 2.82. The summed E-state index contributed by atoms with van der Waals surface area (Å²) < 4.78 is 12.3. The van der Waals surface area contributed by atoms with E-state index >= 15 is 0 Å². The number of ether oxygens (including phenoxy) is 2. The number of piperidine rings is 1. The highest BCUT2D eigenvalue weighted by Crippen LogP contribution is 2.29. The summed E-state index contributed by atoms with van der Waals surface area (Å²) in [5.74, 6) is 1.49. The van der Waals surface area contributed by atoms with Crippen LogP contribution in [0.2, 0.25) is 5.02 Å². The monoisotopic (exact) mass is 536 g/mol. The third kappa shape index (κ3) is 6.53. The Bertz CT molecular complexity index is 963. The van der Waals surface area contributed by atoms with Gasteiger partial charge in [-0.25, -0.2) is 4.79 Å². The Kier molecular flexibility index (Phi) is 8.35. The van der Waals surface area contributed by atoms with Crippen LogP contribution in [0.25, 0.3) is 0 Å². The number of nitrogens with one attached hydrogen (secondary N) is 2. The molecule has 0 aliphatic carbocycles. The molecule has 2 heterocycles. The molecule has 0 radical (unpaired) electrons. The molecule has 7 nitrogen and oxygen atoms in total. The van der Waals surface area contributed by atoms with Crippen molar-refractivity contribution in [2.45, 2.75) is 25.5 Å². The molecule has 178 valence electrons. The molecule has 2 fully saturated rings. The maximum Gasteiger partial charge on any atom is 0.321 e. The fraction of sp³-hybridized carbons (Fsp3) is 0.458. The van der Waals surface area contributed by atoms with Crippen molar-refractivity contribution in [2.75, 3.05) is 51.7 Å². The minimum Gasteiger partial charge on any atom is -0.495 e. The minimum atomic E-state index is -0.113. The predicted octanol–water partition coefficient (Wildman–Crippen LogP) is 4.59. The van der Waals surface area contributed by atoms with E-state index in [2.05, 4.69) is 49.7 Å². The first-order chi connectivity index (χ1) is 16.0. The Balaban J connectivity index is 1.25. The van der Waals surface area contributed by atoms with Gasteiger partial charge in [-0.3, -0.25) is 4.90 Å². The molecule has 2 saturated heterocycles. The van der Waals surface area contributed by atoms with Gasteiger partial charge in [0.2, 0.25) is 0 Å². The van der Waals surface area contributed by atoms with Crippen molar-refractivity contribution >= 4 is 39.2 Å². The SMILES string of the molecule is COc1ccc(NC(=O)N2CCN(Cc3ccc(OC4CCNCC4)c(Br)c3)CC2)cc1Cl. The van der Waals surface area contributed by atoms with E-state index in [1.807, 2.05) is 4.90 Å². The highest BCUT2D eigenvalue weighted by atomic mass is 79.9. The second-order valence-corrected chi connectivity index (χ2v) is 9.64. The molecule has 0 spiro atoms. The van der Waals surface area contributed by atoms with Crippen molar-refractivity contribution in [3.63, 3.8) is 0 Å². The summed E-state index contributed by atoms with van der Waals surface area (Å²) in [6.45, 7) is 5.86. The van der Waals surface area contributed by atoms with Crippen LogP contribution < -0.4 is 20.1 Å². The van der Waals surface area contributed by atoms with Gasteiger partial charge >= 0.3 is 6.03 Å². The number of hydrogen-bond donors (Lipinski definition) is 2. The number of carbonyl (C=O) groups excluding carboxylic acids is 1. The van der Waals surface area contributed by atoms with Crippen LogP contribution in [-0.4, -0.2) is 68.3 Å². The van der Waals surface area contributed by atoms with E-state index in [0.717, 1.165) is 55.8 Å². The third-order valence-corrected chi connectivity index (χ3v) is 6.96. The number of rotatable bonds is 6. The van der Waals surface area contributed by atoms with E-state index in [1.54, 1.807) is 25.3 Å². The molecule has 0 unspecified atom stereocenters. The first kappa shape index (κ1) is 24.1. The number of methoxy groups -OCH3 is 1. The van der Waals surface area contributed by atoms with E-state index in [-0.39, 0.29) is 12.1 Å². The van der Waals surface area contributed by atoms with Gasteiger partial charge in [-0.05, 0) is 77.8 Å². The lowest BCUT2D eigenvalue weighted by molar-refractivity contribution is 0.142. The second kappa shape index (κ2) is 11.4. The number of halogens is 2. The van der Waals surface area contributed by atoms with Crippen molar-refractivity contribution < 1.29 is 14.3 Å². The van der Waals surface area contributed by atoms with Crippen LogP contribution in [0.5, 0.6) is 11.5 Å². The number of hydrogen-bond acceptors (Lipinski definition) is 5. The molecule has 2 aromatic rings. The van der Waals surface area contributed by atoms with Gasteiger partial charge in [-0.1, -0.05) is 17.7 Å². The van der Waals surface area contributed by atoms with E-state index < -0.39 is 0 Å². The van der Waals surface area contributed by atoms with Gasteiger partial charge in [0.05, 0.1) is 16.6 Å². The number of anilines is 1. The Morgan fingerprint density at radius 3 is 2.52 bits per heavy atom. The van der Waals surface area contributed by atoms with Crippen LogP contribution in [0.4, 0.5) is 10.5 Å². The molecule has 33 heavy (non-hydrogen) atoms. The molecule has 2 aromatic carbocycles. The summed E-state index contributed by atoms with van der Waals surface area (Å²) in [5.41, 5.74) is 1.88. The van der Waals surface area contributed by atoms with Crippen LogP contribution in [0, 0.1) is 0 Å². The summed E-state index contributed by atoms with van der Waals surface area (Å²) >= 11 is 9.83. The van der Waals surface area contributed by atoms with E-state index in [4.69, 9.17) is 21.1 Å². The Morgan fingerprint density at radius 1 is 1.12 bits per heavy atom. The molecule has 2 N–H and O–H groups in total. The predicted molar refractivity (Wildman–Crippen MR) is 135 cm³/mol. The summed E-state index contributed by atoms with van der Waals surface area (Å²) in [7, 11) is 1.56. The van der Waals surface area contributed by atoms with Crippen LogP contribution in [0.1, 0.15) is 18.4 Å². The van der Waals surface area contributed by atoms with Gasteiger partial charge in [-0.15, -0.1) is 0 Å². The fourth-order valence-electron chi connectivity index (χ4n) is 4.15. The summed E-state index contributed by atoms with van der Waals surface area (Å²) in [6.07, 6.45) is 2.36. The minimum absolute atomic E-state index is 0.113. The number of nitrogens with zero attached hydrogens (tertiary/aromatic N) is 2. The largest absolute Gasteiger partial charge is 0.495 e. The van der Waals surface area contributed by atoms with E-state index in [0.29, 0.717) is 29.5 Å². The summed E-state index contributed by atoms with van der Waals surface area (Å²) in [5, 5.41) is 6.75. The maximum absolute atomic E-state index is 12.6. The van der Waals surface area contributed by atoms with Gasteiger partial charge in [0, 0.05) is 38.4 Å². The maximum atomic E-state index is 12.6.